The predicted molar refractivity (Wildman–Crippen MR) is 126 cm³/mol. The molecule has 1 atom stereocenters. The van der Waals surface area contributed by atoms with E-state index in [1.54, 1.807) is 17.0 Å². The maximum Gasteiger partial charge on any atom is 0.295 e. The third-order valence-electron chi connectivity index (χ3n) is 5.85. The number of halogens is 1. The number of methoxy groups -OCH3 is 1. The number of benzene rings is 2. The van der Waals surface area contributed by atoms with Crippen LogP contribution in [0.15, 0.2) is 54.1 Å². The lowest BCUT2D eigenvalue weighted by Crippen LogP contribution is -2.33. The standard InChI is InChI=1S/C25H29ClN2O4/c1-4-27(5-2)14-9-15-28-22(17-10-7-6-8-11-17)21(24(30)25(28)31)23(29)18-12-13-20(32-3)19(26)16-18/h6-8,10-13,16,22,29H,4-5,9,14-15H2,1-3H3/t22-/m0/s1. The van der Waals surface area contributed by atoms with Crippen molar-refractivity contribution < 1.29 is 19.4 Å². The van der Waals surface area contributed by atoms with Crippen LogP contribution in [0.2, 0.25) is 5.02 Å². The third-order valence-corrected chi connectivity index (χ3v) is 6.14. The van der Waals surface area contributed by atoms with Crippen molar-refractivity contribution in [2.75, 3.05) is 33.3 Å². The highest BCUT2D eigenvalue weighted by molar-refractivity contribution is 6.46. The van der Waals surface area contributed by atoms with Gasteiger partial charge in [-0.3, -0.25) is 9.59 Å². The number of aliphatic hydroxyl groups is 1. The predicted octanol–water partition coefficient (Wildman–Crippen LogP) is 4.50. The maximum absolute atomic E-state index is 13.1. The van der Waals surface area contributed by atoms with Gasteiger partial charge in [0, 0.05) is 12.1 Å². The van der Waals surface area contributed by atoms with Crippen molar-refractivity contribution in [3.8, 4) is 5.75 Å². The molecule has 32 heavy (non-hydrogen) atoms. The zero-order valence-electron chi connectivity index (χ0n) is 18.7. The summed E-state index contributed by atoms with van der Waals surface area (Å²) in [6, 6.07) is 13.4. The van der Waals surface area contributed by atoms with E-state index in [0.29, 0.717) is 22.9 Å². The van der Waals surface area contributed by atoms with Crippen LogP contribution >= 0.6 is 11.6 Å². The Bertz CT molecular complexity index is 1000. The van der Waals surface area contributed by atoms with Crippen molar-refractivity contribution in [2.24, 2.45) is 0 Å². The molecule has 0 saturated carbocycles. The van der Waals surface area contributed by atoms with Gasteiger partial charge in [0.25, 0.3) is 11.7 Å². The summed E-state index contributed by atoms with van der Waals surface area (Å²) >= 11 is 6.23. The number of carbonyl (C=O) groups excluding carboxylic acids is 2. The van der Waals surface area contributed by atoms with Gasteiger partial charge in [-0.2, -0.15) is 0 Å². The van der Waals surface area contributed by atoms with E-state index < -0.39 is 17.7 Å². The molecule has 1 N–H and O–H groups in total. The van der Waals surface area contributed by atoms with Crippen LogP contribution in [0, 0.1) is 0 Å². The highest BCUT2D eigenvalue weighted by Gasteiger charge is 2.45. The highest BCUT2D eigenvalue weighted by Crippen LogP contribution is 2.40. The van der Waals surface area contributed by atoms with E-state index in [1.165, 1.54) is 13.2 Å². The normalized spacial score (nSPS) is 17.9. The number of Topliss-reactive ketones (excluding diaryl/α,β-unsaturated/α-hetero) is 1. The van der Waals surface area contributed by atoms with Crippen LogP contribution in [0.5, 0.6) is 5.75 Å². The molecule has 3 rings (SSSR count). The van der Waals surface area contributed by atoms with Gasteiger partial charge in [0.15, 0.2) is 0 Å². The number of hydrogen-bond donors (Lipinski definition) is 1. The molecule has 2 aromatic rings. The van der Waals surface area contributed by atoms with E-state index in [-0.39, 0.29) is 11.3 Å². The maximum atomic E-state index is 13.1. The molecule has 0 aromatic heterocycles. The van der Waals surface area contributed by atoms with Crippen molar-refractivity contribution >= 4 is 29.1 Å². The Morgan fingerprint density at radius 3 is 2.41 bits per heavy atom. The third kappa shape index (κ3) is 4.81. The van der Waals surface area contributed by atoms with Gasteiger partial charge in [0.2, 0.25) is 0 Å². The molecule has 0 aliphatic carbocycles. The van der Waals surface area contributed by atoms with Crippen molar-refractivity contribution in [2.45, 2.75) is 26.3 Å². The zero-order valence-corrected chi connectivity index (χ0v) is 19.4. The van der Waals surface area contributed by atoms with Crippen LogP contribution in [0.1, 0.15) is 37.4 Å². The molecule has 0 radical (unpaired) electrons. The van der Waals surface area contributed by atoms with Gasteiger partial charge in [-0.25, -0.2) is 0 Å². The summed E-state index contributed by atoms with van der Waals surface area (Å²) in [6.07, 6.45) is 0.729. The largest absolute Gasteiger partial charge is 0.507 e. The van der Waals surface area contributed by atoms with Gasteiger partial charge in [-0.1, -0.05) is 55.8 Å². The molecule has 1 fully saturated rings. The Morgan fingerprint density at radius 1 is 1.12 bits per heavy atom. The first kappa shape index (κ1) is 23.8. The molecule has 0 bridgehead atoms. The van der Waals surface area contributed by atoms with Crippen molar-refractivity contribution in [3.05, 3.63) is 70.3 Å². The molecule has 2 aromatic carbocycles. The second-order valence-corrected chi connectivity index (χ2v) is 8.04. The molecule has 1 heterocycles. The first-order valence-electron chi connectivity index (χ1n) is 10.8. The quantitative estimate of drug-likeness (QED) is 0.341. The van der Waals surface area contributed by atoms with E-state index in [4.69, 9.17) is 16.3 Å². The van der Waals surface area contributed by atoms with E-state index in [0.717, 1.165) is 31.6 Å². The Labute approximate surface area is 194 Å². The summed E-state index contributed by atoms with van der Waals surface area (Å²) < 4.78 is 5.17. The topological polar surface area (TPSA) is 70.1 Å². The number of hydrogen-bond acceptors (Lipinski definition) is 5. The van der Waals surface area contributed by atoms with Crippen LogP contribution in [-0.2, 0) is 9.59 Å². The van der Waals surface area contributed by atoms with Gasteiger partial charge in [-0.15, -0.1) is 0 Å². The van der Waals surface area contributed by atoms with Gasteiger partial charge in [0.1, 0.15) is 11.5 Å². The first-order valence-corrected chi connectivity index (χ1v) is 11.2. The number of ether oxygens (including phenoxy) is 1. The number of nitrogens with zero attached hydrogens (tertiary/aromatic N) is 2. The number of rotatable bonds is 9. The summed E-state index contributed by atoms with van der Waals surface area (Å²) in [5.41, 5.74) is 1.21. The molecular weight excluding hydrogens is 428 g/mol. The lowest BCUT2D eigenvalue weighted by atomic mass is 9.95. The number of amides is 1. The summed E-state index contributed by atoms with van der Waals surface area (Å²) in [6.45, 7) is 7.29. The molecule has 0 spiro atoms. The molecule has 1 amide bonds. The van der Waals surface area contributed by atoms with E-state index >= 15 is 0 Å². The minimum Gasteiger partial charge on any atom is -0.507 e. The van der Waals surface area contributed by atoms with Crippen LogP contribution in [0.3, 0.4) is 0 Å². The van der Waals surface area contributed by atoms with Gasteiger partial charge < -0.3 is 19.6 Å². The second kappa shape index (κ2) is 10.7. The van der Waals surface area contributed by atoms with Crippen molar-refractivity contribution in [1.29, 1.82) is 0 Å². The number of likely N-dealkylation sites (tertiary alicyclic amines) is 1. The van der Waals surface area contributed by atoms with E-state index in [2.05, 4.69) is 18.7 Å². The fraction of sp³-hybridized carbons (Fsp3) is 0.360. The zero-order chi connectivity index (χ0) is 23.3. The molecule has 6 nitrogen and oxygen atoms in total. The van der Waals surface area contributed by atoms with Crippen molar-refractivity contribution in [1.82, 2.24) is 9.80 Å². The minimum absolute atomic E-state index is 0.0743. The smallest absolute Gasteiger partial charge is 0.295 e. The van der Waals surface area contributed by atoms with E-state index in [9.17, 15) is 14.7 Å². The summed E-state index contributed by atoms with van der Waals surface area (Å²) in [5, 5.41) is 11.4. The summed E-state index contributed by atoms with van der Waals surface area (Å²) in [5.74, 6) is -1.07. The lowest BCUT2D eigenvalue weighted by Gasteiger charge is -2.26. The van der Waals surface area contributed by atoms with Crippen LogP contribution in [0.4, 0.5) is 0 Å². The molecule has 7 heteroatoms. The monoisotopic (exact) mass is 456 g/mol. The van der Waals surface area contributed by atoms with Crippen LogP contribution < -0.4 is 4.74 Å². The first-order chi connectivity index (χ1) is 15.4. The number of ketones is 1. The molecule has 170 valence electrons. The van der Waals surface area contributed by atoms with Crippen molar-refractivity contribution in [3.63, 3.8) is 0 Å². The van der Waals surface area contributed by atoms with Gasteiger partial charge in [-0.05, 0) is 49.8 Å². The molecule has 1 saturated heterocycles. The molecular formula is C25H29ClN2O4. The lowest BCUT2D eigenvalue weighted by molar-refractivity contribution is -0.140. The average Bonchev–Trinajstić information content (AvgIpc) is 3.06. The second-order valence-electron chi connectivity index (χ2n) is 7.63. The van der Waals surface area contributed by atoms with Gasteiger partial charge >= 0.3 is 0 Å². The van der Waals surface area contributed by atoms with Crippen LogP contribution in [0.25, 0.3) is 5.76 Å². The van der Waals surface area contributed by atoms with Gasteiger partial charge in [0.05, 0.1) is 23.7 Å². The number of carbonyl (C=O) groups is 2. The fourth-order valence-electron chi connectivity index (χ4n) is 4.07. The fourth-order valence-corrected chi connectivity index (χ4v) is 4.32. The Morgan fingerprint density at radius 2 is 1.81 bits per heavy atom. The summed E-state index contributed by atoms with van der Waals surface area (Å²) in [7, 11) is 1.50. The Balaban J connectivity index is 2.02. The Kier molecular flexibility index (Phi) is 7.94. The number of aliphatic hydroxyl groups excluding tert-OH is 1. The molecule has 1 aliphatic rings. The highest BCUT2D eigenvalue weighted by atomic mass is 35.5. The van der Waals surface area contributed by atoms with E-state index in [1.807, 2.05) is 30.3 Å². The summed E-state index contributed by atoms with van der Waals surface area (Å²) in [4.78, 5) is 29.9. The average molecular weight is 457 g/mol. The molecule has 1 aliphatic heterocycles. The van der Waals surface area contributed by atoms with Crippen LogP contribution in [-0.4, -0.2) is 59.9 Å². The SMILES string of the molecule is CCN(CC)CCCN1C(=O)C(=O)C(=C(O)c2ccc(OC)c(Cl)c2)[C@@H]1c1ccccc1. The minimum atomic E-state index is -0.689. The Hall–Kier alpha value is -2.83. The molecule has 0 unspecified atom stereocenters.